The van der Waals surface area contributed by atoms with Crippen LogP contribution in [-0.4, -0.2) is 34.7 Å². The van der Waals surface area contributed by atoms with Crippen LogP contribution < -0.4 is 22.2 Å². The number of benzene rings is 2. The molecule has 5 nitrogen and oxygen atoms in total. The molecule has 2 N–H and O–H groups in total. The van der Waals surface area contributed by atoms with Crippen molar-refractivity contribution in [3.8, 4) is 0 Å². The third kappa shape index (κ3) is 3.72. The fourth-order valence-corrected chi connectivity index (χ4v) is 3.53. The van der Waals surface area contributed by atoms with Crippen LogP contribution in [0.4, 0.5) is 0 Å². The fourth-order valence-electron chi connectivity index (χ4n) is 2.30. The summed E-state index contributed by atoms with van der Waals surface area (Å²) in [6.07, 6.45) is 0. The van der Waals surface area contributed by atoms with E-state index in [0.29, 0.717) is 31.2 Å². The summed E-state index contributed by atoms with van der Waals surface area (Å²) in [5.74, 6) is 0. The van der Waals surface area contributed by atoms with Crippen molar-refractivity contribution in [1.82, 2.24) is 4.83 Å². The van der Waals surface area contributed by atoms with Crippen LogP contribution in [0.2, 0.25) is 0 Å². The minimum atomic E-state index is -3.49. The van der Waals surface area contributed by atoms with Gasteiger partial charge >= 0.3 is 0 Å². The lowest BCUT2D eigenvalue weighted by Crippen LogP contribution is -3.20. The zero-order chi connectivity index (χ0) is 14.0. The molecule has 1 saturated heterocycles. The number of quaternary nitrogens is 1. The van der Waals surface area contributed by atoms with Gasteiger partial charge < -0.3 is 17.1 Å². The summed E-state index contributed by atoms with van der Waals surface area (Å²) >= 11 is 0. The number of hydrogen-bond donors (Lipinski definition) is 2. The molecule has 0 aromatic heterocycles. The van der Waals surface area contributed by atoms with Crippen LogP contribution in [0.5, 0.6) is 0 Å². The van der Waals surface area contributed by atoms with E-state index in [1.807, 2.05) is 30.3 Å². The maximum Gasteiger partial charge on any atom is 0.282 e. The summed E-state index contributed by atoms with van der Waals surface area (Å²) in [5, 5.41) is 2.78. The number of hydrogen-bond acceptors (Lipinski definition) is 3. The van der Waals surface area contributed by atoms with Crippen LogP contribution in [0.3, 0.4) is 0 Å². The van der Waals surface area contributed by atoms with Crippen molar-refractivity contribution in [2.45, 2.75) is 4.90 Å². The molecule has 0 aliphatic carbocycles. The van der Waals surface area contributed by atoms with E-state index in [9.17, 15) is 8.42 Å². The molecule has 21 heavy (non-hydrogen) atoms. The first-order chi connectivity index (χ1) is 9.65. The highest BCUT2D eigenvalue weighted by Crippen LogP contribution is 2.18. The van der Waals surface area contributed by atoms with Crippen LogP contribution >= 0.6 is 0 Å². The number of fused-ring (bicyclic) bond motifs is 1. The highest BCUT2D eigenvalue weighted by Gasteiger charge is 2.23. The first-order valence-corrected chi connectivity index (χ1v) is 8.07. The number of sulfonamides is 1. The van der Waals surface area contributed by atoms with Gasteiger partial charge in [0.15, 0.2) is 0 Å². The van der Waals surface area contributed by atoms with E-state index in [0.717, 1.165) is 15.8 Å². The second-order valence-corrected chi connectivity index (χ2v) is 6.51. The number of rotatable bonds is 3. The number of morpholine rings is 1. The molecule has 0 spiro atoms. The quantitative estimate of drug-likeness (QED) is 0.629. The second kappa shape index (κ2) is 6.72. The van der Waals surface area contributed by atoms with Gasteiger partial charge in [0.1, 0.15) is 13.1 Å². The van der Waals surface area contributed by atoms with Gasteiger partial charge in [0, 0.05) is 0 Å². The third-order valence-corrected chi connectivity index (χ3v) is 4.84. The lowest BCUT2D eigenvalue weighted by Gasteiger charge is -2.23. The Morgan fingerprint density at radius 3 is 2.38 bits per heavy atom. The summed E-state index contributed by atoms with van der Waals surface area (Å²) in [5.41, 5.74) is 0. The van der Waals surface area contributed by atoms with Gasteiger partial charge in [-0.1, -0.05) is 35.2 Å². The highest BCUT2D eigenvalue weighted by atomic mass is 35.5. The molecule has 0 bridgehead atoms. The maximum atomic E-state index is 12.4. The summed E-state index contributed by atoms with van der Waals surface area (Å²) < 4.78 is 30.0. The van der Waals surface area contributed by atoms with Crippen LogP contribution in [0.1, 0.15) is 0 Å². The van der Waals surface area contributed by atoms with E-state index in [4.69, 9.17) is 4.74 Å². The van der Waals surface area contributed by atoms with Gasteiger partial charge in [-0.15, -0.1) is 0 Å². The second-order valence-electron chi connectivity index (χ2n) is 4.83. The Hall–Kier alpha value is -1.18. The Morgan fingerprint density at radius 1 is 1.00 bits per heavy atom. The molecule has 114 valence electrons. The van der Waals surface area contributed by atoms with Crippen molar-refractivity contribution in [3.05, 3.63) is 42.5 Å². The Balaban J connectivity index is 0.00000161. The fraction of sp³-hybridized carbons (Fsp3) is 0.286. The highest BCUT2D eigenvalue weighted by molar-refractivity contribution is 7.89. The van der Waals surface area contributed by atoms with Crippen molar-refractivity contribution >= 4 is 20.8 Å². The zero-order valence-electron chi connectivity index (χ0n) is 11.4. The Morgan fingerprint density at radius 2 is 1.67 bits per heavy atom. The van der Waals surface area contributed by atoms with Crippen molar-refractivity contribution < 1.29 is 30.6 Å². The molecule has 0 radical (unpaired) electrons. The normalized spacial score (nSPS) is 16.6. The van der Waals surface area contributed by atoms with Gasteiger partial charge in [0.25, 0.3) is 10.0 Å². The molecule has 1 aliphatic heterocycles. The predicted octanol–water partition coefficient (Wildman–Crippen LogP) is -3.05. The molecular weight excluding hydrogens is 312 g/mol. The Bertz CT molecular complexity index is 715. The van der Waals surface area contributed by atoms with Crippen LogP contribution in [0.15, 0.2) is 47.4 Å². The van der Waals surface area contributed by atoms with Gasteiger partial charge in [0.05, 0.1) is 18.1 Å². The Labute approximate surface area is 130 Å². The molecule has 0 unspecified atom stereocenters. The van der Waals surface area contributed by atoms with Crippen molar-refractivity contribution in [3.63, 3.8) is 0 Å². The molecule has 1 fully saturated rings. The standard InChI is InChI=1S/C14H16N2O3S.ClH/c17-20(18,15-16-7-9-19-10-8-16)14-6-5-12-3-1-2-4-13(12)11-14;/h1-6,11,15H,7-10H2;1H. The molecule has 1 heterocycles. The van der Waals surface area contributed by atoms with Crippen LogP contribution in [0, 0.1) is 0 Å². The average molecular weight is 329 g/mol. The van der Waals surface area contributed by atoms with Crippen molar-refractivity contribution in [2.75, 3.05) is 26.3 Å². The van der Waals surface area contributed by atoms with Gasteiger partial charge in [-0.3, -0.25) is 0 Å². The van der Waals surface area contributed by atoms with Gasteiger partial charge in [0.2, 0.25) is 0 Å². The SMILES string of the molecule is O=S(=O)(N[NH+]1CCOCC1)c1ccc2ccccc2c1.[Cl-]. The molecule has 7 heteroatoms. The van der Waals surface area contributed by atoms with E-state index in [1.165, 1.54) is 0 Å². The van der Waals surface area contributed by atoms with E-state index in [1.54, 1.807) is 12.1 Å². The van der Waals surface area contributed by atoms with E-state index in [-0.39, 0.29) is 12.4 Å². The molecule has 0 saturated carbocycles. The minimum absolute atomic E-state index is 0. The van der Waals surface area contributed by atoms with Crippen molar-refractivity contribution in [2.24, 2.45) is 0 Å². The van der Waals surface area contributed by atoms with E-state index in [2.05, 4.69) is 4.83 Å². The predicted molar refractivity (Wildman–Crippen MR) is 75.8 cm³/mol. The maximum absolute atomic E-state index is 12.4. The zero-order valence-corrected chi connectivity index (χ0v) is 13.0. The summed E-state index contributed by atoms with van der Waals surface area (Å²) in [6, 6.07) is 12.9. The Kier molecular flexibility index (Phi) is 5.18. The lowest BCUT2D eigenvalue weighted by molar-refractivity contribution is -0.938. The number of ether oxygens (including phenoxy) is 1. The molecule has 0 atom stereocenters. The molecular formula is C14H17ClN2O3S. The average Bonchev–Trinajstić information content (AvgIpc) is 2.47. The van der Waals surface area contributed by atoms with Crippen LogP contribution in [-0.2, 0) is 14.8 Å². The lowest BCUT2D eigenvalue weighted by atomic mass is 10.1. The van der Waals surface area contributed by atoms with Gasteiger partial charge in [-0.25, -0.2) is 13.4 Å². The third-order valence-electron chi connectivity index (χ3n) is 3.41. The number of nitrogens with one attached hydrogen (secondary N) is 2. The van der Waals surface area contributed by atoms with E-state index >= 15 is 0 Å². The van der Waals surface area contributed by atoms with Gasteiger partial charge in [-0.05, 0) is 22.9 Å². The summed E-state index contributed by atoms with van der Waals surface area (Å²) in [7, 11) is -3.49. The summed E-state index contributed by atoms with van der Waals surface area (Å²) in [6.45, 7) is 2.45. The summed E-state index contributed by atoms with van der Waals surface area (Å²) in [4.78, 5) is 2.99. The topological polar surface area (TPSA) is 59.8 Å². The largest absolute Gasteiger partial charge is 1.00 e. The smallest absolute Gasteiger partial charge is 0.282 e. The minimum Gasteiger partial charge on any atom is -1.00 e. The molecule has 0 amide bonds. The van der Waals surface area contributed by atoms with E-state index < -0.39 is 10.0 Å². The van der Waals surface area contributed by atoms with Crippen molar-refractivity contribution in [1.29, 1.82) is 0 Å². The molecule has 3 rings (SSSR count). The molecule has 2 aromatic carbocycles. The molecule has 1 aliphatic rings. The monoisotopic (exact) mass is 328 g/mol. The van der Waals surface area contributed by atoms with Gasteiger partial charge in [-0.2, -0.15) is 0 Å². The first kappa shape index (κ1) is 16.2. The van der Waals surface area contributed by atoms with Crippen LogP contribution in [0.25, 0.3) is 10.8 Å². The molecule has 2 aromatic rings. The first-order valence-electron chi connectivity index (χ1n) is 6.59. The number of halogens is 1.